The zero-order valence-electron chi connectivity index (χ0n) is 13.0. The highest BCUT2D eigenvalue weighted by Crippen LogP contribution is 2.35. The molecule has 0 bridgehead atoms. The number of ether oxygens (including phenoxy) is 1. The van der Waals surface area contributed by atoms with Crippen molar-refractivity contribution in [3.8, 4) is 5.75 Å². The predicted octanol–water partition coefficient (Wildman–Crippen LogP) is 2.98. The number of nitrogens with zero attached hydrogens (tertiary/aromatic N) is 2. The molecule has 0 N–H and O–H groups in total. The van der Waals surface area contributed by atoms with Crippen LogP contribution in [0.3, 0.4) is 0 Å². The summed E-state index contributed by atoms with van der Waals surface area (Å²) in [6, 6.07) is 11.6. The standard InChI is InChI=1S/C16H16N2O5S/c1-3-11-17(24(21,22)14-7-5-4-6-8-14)15-12-13(18(19)20)9-10-16(15)23-2/h3-10,12H,1,11H2,2H3. The van der Waals surface area contributed by atoms with E-state index in [-0.39, 0.29) is 28.6 Å². The molecule has 0 saturated carbocycles. The van der Waals surface area contributed by atoms with Crippen molar-refractivity contribution >= 4 is 21.4 Å². The van der Waals surface area contributed by atoms with Gasteiger partial charge < -0.3 is 4.74 Å². The van der Waals surface area contributed by atoms with Crippen molar-refractivity contribution in [2.75, 3.05) is 18.0 Å². The van der Waals surface area contributed by atoms with E-state index < -0.39 is 14.9 Å². The Hall–Kier alpha value is -2.87. The zero-order chi connectivity index (χ0) is 17.7. The van der Waals surface area contributed by atoms with Crippen LogP contribution in [0.25, 0.3) is 0 Å². The van der Waals surface area contributed by atoms with Crippen molar-refractivity contribution in [3.63, 3.8) is 0 Å². The molecule has 0 aliphatic rings. The Bertz CT molecular complexity index is 850. The van der Waals surface area contributed by atoms with Gasteiger partial charge in [0.15, 0.2) is 0 Å². The Morgan fingerprint density at radius 3 is 2.46 bits per heavy atom. The molecule has 0 saturated heterocycles. The maximum atomic E-state index is 12.9. The van der Waals surface area contributed by atoms with Crippen molar-refractivity contribution in [3.05, 3.63) is 71.3 Å². The largest absolute Gasteiger partial charge is 0.495 e. The summed E-state index contributed by atoms with van der Waals surface area (Å²) in [6.07, 6.45) is 1.40. The third kappa shape index (κ3) is 3.38. The second kappa shape index (κ2) is 7.14. The van der Waals surface area contributed by atoms with Gasteiger partial charge in [-0.25, -0.2) is 8.42 Å². The summed E-state index contributed by atoms with van der Waals surface area (Å²) < 4.78 is 32.1. The third-order valence-electron chi connectivity index (χ3n) is 3.27. The molecule has 0 aliphatic carbocycles. The molecule has 8 heteroatoms. The summed E-state index contributed by atoms with van der Waals surface area (Å²) in [5.74, 6) is 0.210. The van der Waals surface area contributed by atoms with Crippen LogP contribution < -0.4 is 9.04 Å². The molecule has 126 valence electrons. The van der Waals surface area contributed by atoms with Crippen LogP contribution in [0, 0.1) is 10.1 Å². The van der Waals surface area contributed by atoms with Crippen LogP contribution in [0.15, 0.2) is 66.1 Å². The van der Waals surface area contributed by atoms with Gasteiger partial charge in [0, 0.05) is 12.1 Å². The number of non-ortho nitro benzene ring substituents is 1. The molecule has 0 amide bonds. The van der Waals surface area contributed by atoms with Gasteiger partial charge in [-0.2, -0.15) is 0 Å². The summed E-state index contributed by atoms with van der Waals surface area (Å²) in [6.45, 7) is 3.50. The first-order valence-electron chi connectivity index (χ1n) is 6.93. The monoisotopic (exact) mass is 348 g/mol. The number of hydrogen-bond donors (Lipinski definition) is 0. The maximum absolute atomic E-state index is 12.9. The van der Waals surface area contributed by atoms with E-state index in [1.54, 1.807) is 18.2 Å². The molecule has 2 aromatic rings. The molecule has 0 aromatic heterocycles. The lowest BCUT2D eigenvalue weighted by atomic mass is 10.2. The van der Waals surface area contributed by atoms with Crippen LogP contribution in [-0.2, 0) is 10.0 Å². The molecule has 0 fully saturated rings. The summed E-state index contributed by atoms with van der Waals surface area (Å²) in [5, 5.41) is 11.0. The average Bonchev–Trinajstić information content (AvgIpc) is 2.59. The average molecular weight is 348 g/mol. The van der Waals surface area contributed by atoms with E-state index in [1.807, 2.05) is 0 Å². The molecule has 0 atom stereocenters. The molecular weight excluding hydrogens is 332 g/mol. The highest BCUT2D eigenvalue weighted by atomic mass is 32.2. The van der Waals surface area contributed by atoms with E-state index in [1.165, 1.54) is 43.5 Å². The number of hydrogen-bond acceptors (Lipinski definition) is 5. The van der Waals surface area contributed by atoms with Gasteiger partial charge in [-0.1, -0.05) is 24.3 Å². The van der Waals surface area contributed by atoms with E-state index in [0.717, 1.165) is 4.31 Å². The lowest BCUT2D eigenvalue weighted by Gasteiger charge is -2.24. The van der Waals surface area contributed by atoms with Crippen molar-refractivity contribution in [2.45, 2.75) is 4.90 Å². The van der Waals surface area contributed by atoms with Crippen LogP contribution in [0.4, 0.5) is 11.4 Å². The molecule has 2 rings (SSSR count). The third-order valence-corrected chi connectivity index (χ3v) is 5.06. The van der Waals surface area contributed by atoms with Gasteiger partial charge in [-0.15, -0.1) is 6.58 Å². The second-order valence-electron chi connectivity index (χ2n) is 4.75. The van der Waals surface area contributed by atoms with Crippen LogP contribution in [-0.4, -0.2) is 27.0 Å². The van der Waals surface area contributed by atoms with Crippen LogP contribution in [0.1, 0.15) is 0 Å². The fraction of sp³-hybridized carbons (Fsp3) is 0.125. The van der Waals surface area contributed by atoms with Gasteiger partial charge in [0.1, 0.15) is 11.4 Å². The quantitative estimate of drug-likeness (QED) is 0.436. The molecule has 2 aromatic carbocycles. The lowest BCUT2D eigenvalue weighted by Crippen LogP contribution is -2.31. The fourth-order valence-electron chi connectivity index (χ4n) is 2.15. The van der Waals surface area contributed by atoms with Gasteiger partial charge in [0.25, 0.3) is 15.7 Å². The summed E-state index contributed by atoms with van der Waals surface area (Å²) in [5.41, 5.74) is -0.154. The number of anilines is 1. The summed E-state index contributed by atoms with van der Waals surface area (Å²) >= 11 is 0. The molecule has 0 aliphatic heterocycles. The Morgan fingerprint density at radius 1 is 1.25 bits per heavy atom. The molecule has 0 heterocycles. The van der Waals surface area contributed by atoms with Crippen molar-refractivity contribution in [1.29, 1.82) is 0 Å². The van der Waals surface area contributed by atoms with Gasteiger partial charge in [-0.3, -0.25) is 14.4 Å². The van der Waals surface area contributed by atoms with Gasteiger partial charge in [-0.05, 0) is 18.2 Å². The molecular formula is C16H16N2O5S. The van der Waals surface area contributed by atoms with Gasteiger partial charge >= 0.3 is 0 Å². The number of nitro benzene ring substituents is 1. The molecule has 0 unspecified atom stereocenters. The first kappa shape index (κ1) is 17.5. The summed E-state index contributed by atoms with van der Waals surface area (Å²) in [7, 11) is -2.56. The van der Waals surface area contributed by atoms with Crippen molar-refractivity contribution in [2.24, 2.45) is 0 Å². The smallest absolute Gasteiger partial charge is 0.271 e. The maximum Gasteiger partial charge on any atom is 0.271 e. The number of sulfonamides is 1. The first-order chi connectivity index (χ1) is 11.4. The Kier molecular flexibility index (Phi) is 5.20. The lowest BCUT2D eigenvalue weighted by molar-refractivity contribution is -0.384. The van der Waals surface area contributed by atoms with Crippen LogP contribution in [0.2, 0.25) is 0 Å². The van der Waals surface area contributed by atoms with E-state index in [0.29, 0.717) is 0 Å². The number of nitro groups is 1. The highest BCUT2D eigenvalue weighted by Gasteiger charge is 2.27. The van der Waals surface area contributed by atoms with E-state index >= 15 is 0 Å². The van der Waals surface area contributed by atoms with Crippen molar-refractivity contribution in [1.82, 2.24) is 0 Å². The molecule has 7 nitrogen and oxygen atoms in total. The van der Waals surface area contributed by atoms with E-state index in [4.69, 9.17) is 4.74 Å². The van der Waals surface area contributed by atoms with Crippen LogP contribution >= 0.6 is 0 Å². The predicted molar refractivity (Wildman–Crippen MR) is 90.8 cm³/mol. The Morgan fingerprint density at radius 2 is 1.92 bits per heavy atom. The number of methoxy groups -OCH3 is 1. The van der Waals surface area contributed by atoms with Gasteiger partial charge in [0.2, 0.25) is 0 Å². The fourth-order valence-corrected chi connectivity index (χ4v) is 3.61. The van der Waals surface area contributed by atoms with Crippen molar-refractivity contribution < 1.29 is 18.1 Å². The second-order valence-corrected chi connectivity index (χ2v) is 6.61. The highest BCUT2D eigenvalue weighted by molar-refractivity contribution is 7.92. The molecule has 0 spiro atoms. The zero-order valence-corrected chi connectivity index (χ0v) is 13.8. The normalized spacial score (nSPS) is 10.9. The minimum atomic E-state index is -3.93. The Labute approximate surface area is 140 Å². The first-order valence-corrected chi connectivity index (χ1v) is 8.37. The number of rotatable bonds is 7. The van der Waals surface area contributed by atoms with E-state index in [9.17, 15) is 18.5 Å². The molecule has 0 radical (unpaired) electrons. The van der Waals surface area contributed by atoms with E-state index in [2.05, 4.69) is 6.58 Å². The summed E-state index contributed by atoms with van der Waals surface area (Å²) in [4.78, 5) is 10.5. The minimum Gasteiger partial charge on any atom is -0.495 e. The SMILES string of the molecule is C=CCN(c1cc([N+](=O)[O-])ccc1OC)S(=O)(=O)c1ccccc1. The molecule has 24 heavy (non-hydrogen) atoms. The number of benzene rings is 2. The Balaban J connectivity index is 2.65. The minimum absolute atomic E-state index is 0.0608. The van der Waals surface area contributed by atoms with Crippen LogP contribution in [0.5, 0.6) is 5.75 Å². The topological polar surface area (TPSA) is 89.8 Å². The van der Waals surface area contributed by atoms with Gasteiger partial charge in [0.05, 0.1) is 23.5 Å².